The number of nitrogens with two attached hydrogens (primary N) is 1. The van der Waals surface area contributed by atoms with Crippen molar-refractivity contribution in [2.45, 2.75) is 19.6 Å². The molecule has 10 heteroatoms. The largest absolute Gasteiger partial charge is 0.467 e. The molecule has 0 aliphatic rings. The van der Waals surface area contributed by atoms with Crippen LogP contribution in [0.4, 0.5) is 18.9 Å². The first kappa shape index (κ1) is 21.5. The molecule has 1 aromatic heterocycles. The van der Waals surface area contributed by atoms with Gasteiger partial charge in [0, 0.05) is 11.3 Å². The normalized spacial score (nSPS) is 10.8. The van der Waals surface area contributed by atoms with E-state index in [0.29, 0.717) is 17.0 Å². The average Bonchev–Trinajstić information content (AvgIpc) is 3.03. The fourth-order valence-corrected chi connectivity index (χ4v) is 1.98. The summed E-state index contributed by atoms with van der Waals surface area (Å²) in [6, 6.07) is 5.69. The van der Waals surface area contributed by atoms with Gasteiger partial charge in [-0.2, -0.15) is 13.2 Å². The van der Waals surface area contributed by atoms with Crippen LogP contribution < -0.4 is 16.4 Å². The standard InChI is InChI=1S/C16H16F3N3O3.ClH/c1-9-2-3-10(14(23)21-8-16(17,18)19)5-13(9)22-15(24)11-4-12(6-20)25-7-11;/h2-5,7H,6,8,20H2,1H3,(H,21,23)(H,22,24);1H. The van der Waals surface area contributed by atoms with E-state index in [-0.39, 0.29) is 30.1 Å². The quantitative estimate of drug-likeness (QED) is 0.729. The molecule has 0 fully saturated rings. The number of anilines is 1. The molecule has 1 heterocycles. The number of hydrogen-bond donors (Lipinski definition) is 3. The van der Waals surface area contributed by atoms with Crippen molar-refractivity contribution in [1.29, 1.82) is 0 Å². The Kier molecular flexibility index (Phi) is 7.22. The molecule has 4 N–H and O–H groups in total. The van der Waals surface area contributed by atoms with E-state index in [2.05, 4.69) is 5.32 Å². The Hall–Kier alpha value is -2.52. The molecule has 0 aliphatic carbocycles. The van der Waals surface area contributed by atoms with E-state index < -0.39 is 24.5 Å². The number of alkyl halides is 3. The smallest absolute Gasteiger partial charge is 0.405 e. The number of halogens is 4. The van der Waals surface area contributed by atoms with E-state index in [9.17, 15) is 22.8 Å². The highest BCUT2D eigenvalue weighted by molar-refractivity contribution is 6.05. The number of amides is 2. The number of aryl methyl sites for hydroxylation is 1. The predicted molar refractivity (Wildman–Crippen MR) is 91.4 cm³/mol. The molecule has 0 radical (unpaired) electrons. The summed E-state index contributed by atoms with van der Waals surface area (Å²) in [6.45, 7) is 0.396. The van der Waals surface area contributed by atoms with Gasteiger partial charge in [0.25, 0.3) is 11.8 Å². The highest BCUT2D eigenvalue weighted by Gasteiger charge is 2.28. The lowest BCUT2D eigenvalue weighted by Gasteiger charge is -2.11. The zero-order valence-electron chi connectivity index (χ0n) is 13.6. The van der Waals surface area contributed by atoms with E-state index in [1.807, 2.05) is 0 Å². The summed E-state index contributed by atoms with van der Waals surface area (Å²) < 4.78 is 41.6. The summed E-state index contributed by atoms with van der Waals surface area (Å²) in [7, 11) is 0. The van der Waals surface area contributed by atoms with Crippen LogP contribution in [0, 0.1) is 6.92 Å². The first-order valence-corrected chi connectivity index (χ1v) is 7.24. The lowest BCUT2D eigenvalue weighted by Crippen LogP contribution is -2.33. The molecule has 1 aromatic carbocycles. The van der Waals surface area contributed by atoms with E-state index in [0.717, 1.165) is 0 Å². The lowest BCUT2D eigenvalue weighted by atomic mass is 10.1. The molecule has 2 rings (SSSR count). The summed E-state index contributed by atoms with van der Waals surface area (Å²) in [5.74, 6) is -0.942. The fourth-order valence-electron chi connectivity index (χ4n) is 1.98. The second kappa shape index (κ2) is 8.72. The van der Waals surface area contributed by atoms with Gasteiger partial charge >= 0.3 is 6.18 Å². The van der Waals surface area contributed by atoms with Gasteiger partial charge in [-0.15, -0.1) is 12.4 Å². The molecule has 142 valence electrons. The first-order chi connectivity index (χ1) is 11.7. The van der Waals surface area contributed by atoms with Gasteiger partial charge in [0.05, 0.1) is 12.1 Å². The molecule has 0 spiro atoms. The Labute approximate surface area is 153 Å². The van der Waals surface area contributed by atoms with Crippen LogP contribution >= 0.6 is 12.4 Å². The van der Waals surface area contributed by atoms with Gasteiger partial charge in [-0.1, -0.05) is 6.07 Å². The molecule has 0 unspecified atom stereocenters. The zero-order valence-corrected chi connectivity index (χ0v) is 14.5. The summed E-state index contributed by atoms with van der Waals surface area (Å²) in [6.07, 6.45) is -3.26. The second-order valence-electron chi connectivity index (χ2n) is 5.29. The van der Waals surface area contributed by atoms with Crippen LogP contribution in [0.1, 0.15) is 32.0 Å². The van der Waals surface area contributed by atoms with Crippen LogP contribution in [-0.2, 0) is 6.54 Å². The molecule has 0 bridgehead atoms. The van der Waals surface area contributed by atoms with Crippen LogP contribution in [0.5, 0.6) is 0 Å². The number of carbonyl (C=O) groups is 2. The molecule has 0 atom stereocenters. The molecular formula is C16H17ClF3N3O3. The average molecular weight is 392 g/mol. The number of furan rings is 1. The summed E-state index contributed by atoms with van der Waals surface area (Å²) in [5.41, 5.74) is 6.59. The van der Waals surface area contributed by atoms with Crippen LogP contribution in [0.15, 0.2) is 34.9 Å². The SMILES string of the molecule is Cc1ccc(C(=O)NCC(F)(F)F)cc1NC(=O)c1coc(CN)c1.Cl. The monoisotopic (exact) mass is 391 g/mol. The van der Waals surface area contributed by atoms with Crippen LogP contribution in [-0.4, -0.2) is 24.5 Å². The van der Waals surface area contributed by atoms with E-state index in [4.69, 9.17) is 10.2 Å². The Morgan fingerprint density at radius 2 is 1.85 bits per heavy atom. The first-order valence-electron chi connectivity index (χ1n) is 7.24. The van der Waals surface area contributed by atoms with Crippen molar-refractivity contribution in [3.8, 4) is 0 Å². The molecular weight excluding hydrogens is 375 g/mol. The molecule has 0 saturated heterocycles. The molecule has 2 amide bonds. The van der Waals surface area contributed by atoms with Crippen molar-refractivity contribution < 1.29 is 27.2 Å². The topological polar surface area (TPSA) is 97.4 Å². The van der Waals surface area contributed by atoms with E-state index in [1.54, 1.807) is 12.2 Å². The van der Waals surface area contributed by atoms with Crippen molar-refractivity contribution in [3.63, 3.8) is 0 Å². The van der Waals surface area contributed by atoms with Gasteiger partial charge in [-0.25, -0.2) is 0 Å². The van der Waals surface area contributed by atoms with Crippen molar-refractivity contribution in [3.05, 3.63) is 53.0 Å². The van der Waals surface area contributed by atoms with Gasteiger partial charge in [0.2, 0.25) is 0 Å². The zero-order chi connectivity index (χ0) is 18.6. The van der Waals surface area contributed by atoms with Crippen LogP contribution in [0.3, 0.4) is 0 Å². The molecule has 6 nitrogen and oxygen atoms in total. The third-order valence-corrected chi connectivity index (χ3v) is 3.31. The van der Waals surface area contributed by atoms with Crippen molar-refractivity contribution in [1.82, 2.24) is 5.32 Å². The van der Waals surface area contributed by atoms with Gasteiger partial charge in [-0.3, -0.25) is 9.59 Å². The maximum atomic E-state index is 12.2. The van der Waals surface area contributed by atoms with Crippen LogP contribution in [0.25, 0.3) is 0 Å². The number of carbonyl (C=O) groups excluding carboxylic acids is 2. The van der Waals surface area contributed by atoms with Crippen molar-refractivity contribution in [2.75, 3.05) is 11.9 Å². The Bertz CT molecular complexity index is 791. The summed E-state index contributed by atoms with van der Waals surface area (Å²) in [5, 5.41) is 4.37. The number of hydrogen-bond acceptors (Lipinski definition) is 4. The minimum Gasteiger partial charge on any atom is -0.467 e. The highest BCUT2D eigenvalue weighted by atomic mass is 35.5. The Morgan fingerprint density at radius 3 is 2.42 bits per heavy atom. The minimum atomic E-state index is -4.50. The van der Waals surface area contributed by atoms with E-state index >= 15 is 0 Å². The predicted octanol–water partition coefficient (Wildman–Crippen LogP) is 3.01. The Balaban J connectivity index is 0.00000338. The maximum Gasteiger partial charge on any atom is 0.405 e. The highest BCUT2D eigenvalue weighted by Crippen LogP contribution is 2.19. The number of benzene rings is 1. The van der Waals surface area contributed by atoms with Crippen molar-refractivity contribution >= 4 is 29.9 Å². The van der Waals surface area contributed by atoms with Gasteiger partial charge in [0.15, 0.2) is 0 Å². The molecule has 0 aliphatic heterocycles. The summed E-state index contributed by atoms with van der Waals surface area (Å²) >= 11 is 0. The van der Waals surface area contributed by atoms with Gasteiger partial charge in [-0.05, 0) is 30.7 Å². The Morgan fingerprint density at radius 1 is 1.15 bits per heavy atom. The fraction of sp³-hybridized carbons (Fsp3) is 0.250. The molecule has 26 heavy (non-hydrogen) atoms. The summed E-state index contributed by atoms with van der Waals surface area (Å²) in [4.78, 5) is 24.0. The number of rotatable bonds is 5. The molecule has 2 aromatic rings. The second-order valence-corrected chi connectivity index (χ2v) is 5.29. The van der Waals surface area contributed by atoms with Gasteiger partial charge in [0.1, 0.15) is 18.6 Å². The lowest BCUT2D eigenvalue weighted by molar-refractivity contribution is -0.123. The third kappa shape index (κ3) is 5.78. The number of nitrogens with one attached hydrogen (secondary N) is 2. The minimum absolute atomic E-state index is 0. The van der Waals surface area contributed by atoms with E-state index in [1.165, 1.54) is 30.5 Å². The maximum absolute atomic E-state index is 12.2. The molecule has 0 saturated carbocycles. The third-order valence-electron chi connectivity index (χ3n) is 3.31. The van der Waals surface area contributed by atoms with Crippen LogP contribution in [0.2, 0.25) is 0 Å². The van der Waals surface area contributed by atoms with Crippen molar-refractivity contribution in [2.24, 2.45) is 5.73 Å². The van der Waals surface area contributed by atoms with Gasteiger partial charge < -0.3 is 20.8 Å².